The van der Waals surface area contributed by atoms with Crippen LogP contribution in [0.1, 0.15) is 43.5 Å². The highest BCUT2D eigenvalue weighted by Gasteiger charge is 2.36. The second kappa shape index (κ2) is 5.43. The van der Waals surface area contributed by atoms with Crippen LogP contribution in [0.2, 0.25) is 0 Å². The highest BCUT2D eigenvalue weighted by molar-refractivity contribution is 4.99. The maximum Gasteiger partial charge on any atom is 0.233 e. The Balaban J connectivity index is 1.69. The van der Waals surface area contributed by atoms with E-state index in [-0.39, 0.29) is 12.1 Å². The second-order valence-corrected chi connectivity index (χ2v) is 5.67. The van der Waals surface area contributed by atoms with Gasteiger partial charge in [0.05, 0.1) is 12.1 Å². The first-order valence-electron chi connectivity index (χ1n) is 7.09. The summed E-state index contributed by atoms with van der Waals surface area (Å²) in [6.45, 7) is 3.53. The van der Waals surface area contributed by atoms with Crippen LogP contribution in [0, 0.1) is 12.8 Å². The lowest BCUT2D eigenvalue weighted by Crippen LogP contribution is -2.31. The summed E-state index contributed by atoms with van der Waals surface area (Å²) in [6, 6.07) is 0.0853. The van der Waals surface area contributed by atoms with Gasteiger partial charge in [0, 0.05) is 20.0 Å². The minimum Gasteiger partial charge on any atom is -0.424 e. The van der Waals surface area contributed by atoms with Crippen molar-refractivity contribution in [2.24, 2.45) is 5.92 Å². The van der Waals surface area contributed by atoms with Gasteiger partial charge in [-0.2, -0.15) is 0 Å². The Morgan fingerprint density at radius 1 is 1.42 bits per heavy atom. The fourth-order valence-corrected chi connectivity index (χ4v) is 3.14. The third-order valence-electron chi connectivity index (χ3n) is 4.08. The fraction of sp³-hybridized carbons (Fsp3) is 0.714. The van der Waals surface area contributed by atoms with E-state index in [9.17, 15) is 5.11 Å². The summed E-state index contributed by atoms with van der Waals surface area (Å²) in [5.41, 5.74) is 0. The molecule has 1 aromatic rings. The van der Waals surface area contributed by atoms with Gasteiger partial charge in [-0.15, -0.1) is 10.2 Å². The van der Waals surface area contributed by atoms with Crippen LogP contribution in [0.4, 0.5) is 0 Å². The van der Waals surface area contributed by atoms with E-state index in [2.05, 4.69) is 27.2 Å². The minimum atomic E-state index is -0.281. The molecule has 1 aromatic heterocycles. The van der Waals surface area contributed by atoms with E-state index in [0.717, 1.165) is 13.0 Å². The van der Waals surface area contributed by atoms with Crippen molar-refractivity contribution in [1.82, 2.24) is 15.1 Å². The zero-order chi connectivity index (χ0) is 13.2. The van der Waals surface area contributed by atoms with Gasteiger partial charge in [0.1, 0.15) is 0 Å². The summed E-state index contributed by atoms with van der Waals surface area (Å²) in [4.78, 5) is 2.31. The summed E-state index contributed by atoms with van der Waals surface area (Å²) >= 11 is 0. The predicted molar refractivity (Wildman–Crippen MR) is 70.5 cm³/mol. The molecule has 1 aliphatic carbocycles. The molecule has 5 heteroatoms. The van der Waals surface area contributed by atoms with Crippen LogP contribution in [0.15, 0.2) is 16.6 Å². The molecule has 0 saturated carbocycles. The molecular weight excluding hydrogens is 242 g/mol. The second-order valence-electron chi connectivity index (χ2n) is 5.67. The van der Waals surface area contributed by atoms with Crippen LogP contribution >= 0.6 is 0 Å². The van der Waals surface area contributed by atoms with Crippen LogP contribution in [-0.4, -0.2) is 39.4 Å². The van der Waals surface area contributed by atoms with E-state index in [1.807, 2.05) is 0 Å². The van der Waals surface area contributed by atoms with Crippen LogP contribution in [-0.2, 0) is 0 Å². The van der Waals surface area contributed by atoms with Gasteiger partial charge in [0.2, 0.25) is 11.8 Å². The molecule has 1 aliphatic heterocycles. The molecule has 1 unspecified atom stereocenters. The molecule has 5 nitrogen and oxygen atoms in total. The summed E-state index contributed by atoms with van der Waals surface area (Å²) in [6.07, 6.45) is 8.49. The van der Waals surface area contributed by atoms with Gasteiger partial charge in [-0.3, -0.25) is 4.90 Å². The van der Waals surface area contributed by atoms with E-state index < -0.39 is 0 Å². The third kappa shape index (κ3) is 2.87. The average molecular weight is 263 g/mol. The van der Waals surface area contributed by atoms with E-state index >= 15 is 0 Å². The number of β-amino-alcohol motifs (C(OH)–C–C–N with tert-alkyl or cyclic N) is 1. The van der Waals surface area contributed by atoms with Crippen LogP contribution in [0.5, 0.6) is 0 Å². The first kappa shape index (κ1) is 12.8. The lowest BCUT2D eigenvalue weighted by atomic mass is 9.94. The van der Waals surface area contributed by atoms with Gasteiger partial charge < -0.3 is 9.52 Å². The van der Waals surface area contributed by atoms with Crippen molar-refractivity contribution in [3.8, 4) is 0 Å². The topological polar surface area (TPSA) is 62.4 Å². The summed E-state index contributed by atoms with van der Waals surface area (Å²) in [5.74, 6) is 1.93. The minimum absolute atomic E-state index is 0.0853. The highest BCUT2D eigenvalue weighted by Crippen LogP contribution is 2.33. The van der Waals surface area contributed by atoms with Crippen molar-refractivity contribution in [2.45, 2.75) is 44.8 Å². The number of aryl methyl sites for hydroxylation is 1. The zero-order valence-electron chi connectivity index (χ0n) is 11.3. The summed E-state index contributed by atoms with van der Waals surface area (Å²) in [7, 11) is 0. The van der Waals surface area contributed by atoms with E-state index in [1.54, 1.807) is 6.92 Å². The Hall–Kier alpha value is -1.20. The van der Waals surface area contributed by atoms with Gasteiger partial charge in [0.15, 0.2) is 0 Å². The van der Waals surface area contributed by atoms with Crippen molar-refractivity contribution < 1.29 is 9.52 Å². The number of aliphatic hydroxyl groups excluding tert-OH is 1. The molecule has 0 radical (unpaired) electrons. The van der Waals surface area contributed by atoms with Crippen molar-refractivity contribution >= 4 is 0 Å². The third-order valence-corrected chi connectivity index (χ3v) is 4.08. The molecule has 19 heavy (non-hydrogen) atoms. The SMILES string of the molecule is Cc1nnc([C@H]2C[C@@H](O)CN2CC2CC=CCC2)o1. The van der Waals surface area contributed by atoms with Crippen LogP contribution < -0.4 is 0 Å². The Morgan fingerprint density at radius 2 is 2.32 bits per heavy atom. The lowest BCUT2D eigenvalue weighted by Gasteiger charge is -2.27. The summed E-state index contributed by atoms with van der Waals surface area (Å²) < 4.78 is 5.55. The molecule has 0 amide bonds. The van der Waals surface area contributed by atoms with Crippen molar-refractivity contribution in [1.29, 1.82) is 0 Å². The molecule has 0 bridgehead atoms. The fourth-order valence-electron chi connectivity index (χ4n) is 3.14. The Bertz CT molecular complexity index is 457. The first-order chi connectivity index (χ1) is 9.22. The number of aromatic nitrogens is 2. The molecular formula is C14H21N3O2. The number of allylic oxidation sites excluding steroid dienone is 2. The molecule has 3 rings (SSSR count). The quantitative estimate of drug-likeness (QED) is 0.843. The highest BCUT2D eigenvalue weighted by atomic mass is 16.4. The summed E-state index contributed by atoms with van der Waals surface area (Å²) in [5, 5.41) is 17.9. The van der Waals surface area contributed by atoms with E-state index in [4.69, 9.17) is 4.42 Å². The van der Waals surface area contributed by atoms with Gasteiger partial charge in [-0.25, -0.2) is 0 Å². The number of rotatable bonds is 3. The molecule has 1 N–H and O–H groups in total. The molecule has 1 fully saturated rings. The molecule has 0 aromatic carbocycles. The molecule has 0 spiro atoms. The first-order valence-corrected chi connectivity index (χ1v) is 7.09. The smallest absolute Gasteiger partial charge is 0.233 e. The Labute approximate surface area is 113 Å². The van der Waals surface area contributed by atoms with Crippen molar-refractivity contribution in [3.63, 3.8) is 0 Å². The number of nitrogens with zero attached hydrogens (tertiary/aromatic N) is 3. The Morgan fingerprint density at radius 3 is 3.00 bits per heavy atom. The molecule has 1 saturated heterocycles. The standard InChI is InChI=1S/C14H21N3O2/c1-10-15-16-14(19-10)13-7-12(18)9-17(13)8-11-5-3-2-4-6-11/h2-3,11-13,18H,4-9H2,1H3/t11?,12-,13-/m1/s1. The lowest BCUT2D eigenvalue weighted by molar-refractivity contribution is 0.158. The molecule has 104 valence electrons. The van der Waals surface area contributed by atoms with Crippen LogP contribution in [0.3, 0.4) is 0 Å². The molecule has 2 heterocycles. The largest absolute Gasteiger partial charge is 0.424 e. The van der Waals surface area contributed by atoms with Gasteiger partial charge >= 0.3 is 0 Å². The van der Waals surface area contributed by atoms with Gasteiger partial charge in [-0.1, -0.05) is 12.2 Å². The monoisotopic (exact) mass is 263 g/mol. The van der Waals surface area contributed by atoms with Crippen LogP contribution in [0.25, 0.3) is 0 Å². The number of hydrogen-bond acceptors (Lipinski definition) is 5. The average Bonchev–Trinajstić information content (AvgIpc) is 2.97. The van der Waals surface area contributed by atoms with E-state index in [0.29, 0.717) is 30.7 Å². The van der Waals surface area contributed by atoms with Crippen molar-refractivity contribution in [3.05, 3.63) is 23.9 Å². The van der Waals surface area contributed by atoms with Gasteiger partial charge in [-0.05, 0) is 31.6 Å². The number of likely N-dealkylation sites (tertiary alicyclic amines) is 1. The number of aliphatic hydroxyl groups is 1. The maximum absolute atomic E-state index is 9.92. The maximum atomic E-state index is 9.92. The van der Waals surface area contributed by atoms with Crippen molar-refractivity contribution in [2.75, 3.05) is 13.1 Å². The predicted octanol–water partition coefficient (Wildman–Crippen LogP) is 1.84. The normalized spacial score (nSPS) is 32.0. The molecule has 3 atom stereocenters. The van der Waals surface area contributed by atoms with Gasteiger partial charge in [0.25, 0.3) is 0 Å². The number of hydrogen-bond donors (Lipinski definition) is 1. The zero-order valence-corrected chi connectivity index (χ0v) is 11.3. The molecule has 2 aliphatic rings. The Kier molecular flexibility index (Phi) is 3.66. The van der Waals surface area contributed by atoms with E-state index in [1.165, 1.54) is 12.8 Å².